The predicted octanol–water partition coefficient (Wildman–Crippen LogP) is 1.97. The fourth-order valence-corrected chi connectivity index (χ4v) is 3.91. The van der Waals surface area contributed by atoms with Crippen molar-refractivity contribution in [3.8, 4) is 0 Å². The number of carbonyl (C=O) groups is 2. The first kappa shape index (κ1) is 21.1. The van der Waals surface area contributed by atoms with Crippen LogP contribution in [-0.2, 0) is 16.1 Å². The lowest BCUT2D eigenvalue weighted by Gasteiger charge is -2.17. The van der Waals surface area contributed by atoms with Crippen molar-refractivity contribution in [1.82, 2.24) is 26.6 Å². The van der Waals surface area contributed by atoms with Crippen molar-refractivity contribution in [2.45, 2.75) is 44.4 Å². The Bertz CT molecular complexity index is 680. The van der Waals surface area contributed by atoms with E-state index in [1.54, 1.807) is 23.1 Å². The molecule has 2 fully saturated rings. The van der Waals surface area contributed by atoms with Crippen LogP contribution in [0.5, 0.6) is 0 Å². The van der Waals surface area contributed by atoms with Gasteiger partial charge in [-0.2, -0.15) is 5.53 Å². The molecule has 154 valence electrons. The number of benzene rings is 1. The smallest absolute Gasteiger partial charge is 0.410 e. The molecule has 2 aliphatic rings. The summed E-state index contributed by atoms with van der Waals surface area (Å²) in [6.45, 7) is 1.97. The molecule has 2 atom stereocenters. The second kappa shape index (κ2) is 10.3. The second-order valence-electron chi connectivity index (χ2n) is 7.07. The lowest BCUT2D eigenvalue weighted by molar-refractivity contribution is -0.121. The molecule has 2 saturated heterocycles. The highest BCUT2D eigenvalue weighted by atomic mass is 35.5. The Balaban J connectivity index is 1.34. The molecule has 1 aromatic carbocycles. The Labute approximate surface area is 174 Å². The van der Waals surface area contributed by atoms with Gasteiger partial charge in [0, 0.05) is 48.2 Å². The van der Waals surface area contributed by atoms with Crippen LogP contribution in [0.25, 0.3) is 0 Å². The third kappa shape index (κ3) is 6.49. The molecule has 0 radical (unpaired) electrons. The summed E-state index contributed by atoms with van der Waals surface area (Å²) in [7, 11) is 0. The summed E-state index contributed by atoms with van der Waals surface area (Å²) >= 11 is 11.9. The lowest BCUT2D eigenvalue weighted by Crippen LogP contribution is -2.38. The topological polar surface area (TPSA) is 94.7 Å². The van der Waals surface area contributed by atoms with E-state index in [4.69, 9.17) is 27.9 Å². The normalized spacial score (nSPS) is 21.7. The summed E-state index contributed by atoms with van der Waals surface area (Å²) in [5.74, 6) is 0.0210. The summed E-state index contributed by atoms with van der Waals surface area (Å²) in [5, 5.41) is 4.00. The summed E-state index contributed by atoms with van der Waals surface area (Å²) in [5.41, 5.74) is 9.65. The van der Waals surface area contributed by atoms with E-state index in [1.165, 1.54) is 0 Å². The van der Waals surface area contributed by atoms with Crippen molar-refractivity contribution < 1.29 is 14.3 Å². The summed E-state index contributed by atoms with van der Waals surface area (Å²) in [6, 6.07) is 5.36. The Morgan fingerprint density at radius 1 is 1.25 bits per heavy atom. The van der Waals surface area contributed by atoms with Gasteiger partial charge in [0.1, 0.15) is 6.61 Å². The predicted molar refractivity (Wildman–Crippen MR) is 107 cm³/mol. The van der Waals surface area contributed by atoms with Crippen LogP contribution in [0.3, 0.4) is 0 Å². The third-order valence-corrected chi connectivity index (χ3v) is 5.20. The molecule has 0 spiro atoms. The van der Waals surface area contributed by atoms with Crippen molar-refractivity contribution in [3.05, 3.63) is 33.8 Å². The molecule has 28 heavy (non-hydrogen) atoms. The average Bonchev–Trinajstić information content (AvgIpc) is 3.31. The van der Waals surface area contributed by atoms with Crippen LogP contribution in [0.1, 0.15) is 31.2 Å². The van der Waals surface area contributed by atoms with Crippen molar-refractivity contribution >= 4 is 35.2 Å². The number of amides is 2. The maximum atomic E-state index is 12.2. The van der Waals surface area contributed by atoms with E-state index in [-0.39, 0.29) is 18.6 Å². The number of rotatable bonds is 7. The molecule has 2 heterocycles. The Kier molecular flexibility index (Phi) is 7.75. The highest BCUT2D eigenvalue weighted by molar-refractivity contribution is 6.34. The molecular weight excluding hydrogens is 405 g/mol. The zero-order valence-electron chi connectivity index (χ0n) is 15.5. The minimum atomic E-state index is -0.403. The number of ether oxygens (including phenoxy) is 1. The minimum Gasteiger partial charge on any atom is -0.445 e. The van der Waals surface area contributed by atoms with E-state index in [0.29, 0.717) is 35.6 Å². The Morgan fingerprint density at radius 2 is 2.04 bits per heavy atom. The van der Waals surface area contributed by atoms with Gasteiger partial charge < -0.3 is 15.0 Å². The number of nitrogens with zero attached hydrogens (tertiary/aromatic N) is 1. The maximum Gasteiger partial charge on any atom is 0.410 e. The number of hydrogen-bond donors (Lipinski definition) is 4. The Hall–Kier alpha value is -1.58. The van der Waals surface area contributed by atoms with Crippen LogP contribution < -0.4 is 21.7 Å². The van der Waals surface area contributed by atoms with Gasteiger partial charge in [0.25, 0.3) is 0 Å². The zero-order valence-corrected chi connectivity index (χ0v) is 17.0. The fourth-order valence-electron chi connectivity index (χ4n) is 3.34. The highest BCUT2D eigenvalue weighted by Gasteiger charge is 2.28. The lowest BCUT2D eigenvalue weighted by atomic mass is 10.1. The van der Waals surface area contributed by atoms with Crippen LogP contribution in [0.15, 0.2) is 18.2 Å². The van der Waals surface area contributed by atoms with Crippen LogP contribution in [0, 0.1) is 0 Å². The van der Waals surface area contributed by atoms with Crippen LogP contribution >= 0.6 is 23.2 Å². The number of hydrazine groups is 2. The monoisotopic (exact) mass is 429 g/mol. The molecule has 0 bridgehead atoms. The number of nitrogens with one attached hydrogen (secondary N) is 4. The summed E-state index contributed by atoms with van der Waals surface area (Å²) in [6.07, 6.45) is 2.54. The largest absolute Gasteiger partial charge is 0.445 e. The average molecular weight is 430 g/mol. The van der Waals surface area contributed by atoms with E-state index in [1.807, 2.05) is 0 Å². The van der Waals surface area contributed by atoms with Gasteiger partial charge in [-0.25, -0.2) is 15.6 Å². The molecule has 4 N–H and O–H groups in total. The van der Waals surface area contributed by atoms with Crippen LogP contribution in [0.2, 0.25) is 10.0 Å². The number of likely N-dealkylation sites (tertiary alicyclic amines) is 1. The van der Waals surface area contributed by atoms with Crippen molar-refractivity contribution in [1.29, 1.82) is 0 Å². The first-order chi connectivity index (χ1) is 13.5. The molecule has 8 nitrogen and oxygen atoms in total. The molecule has 1 aromatic rings. The molecule has 10 heteroatoms. The van der Waals surface area contributed by atoms with Gasteiger partial charge in [0.15, 0.2) is 0 Å². The minimum absolute atomic E-state index is 0.0210. The van der Waals surface area contributed by atoms with E-state index in [0.717, 1.165) is 31.4 Å². The number of carbonyl (C=O) groups excluding carboxylic acids is 2. The molecule has 2 unspecified atom stereocenters. The van der Waals surface area contributed by atoms with E-state index in [2.05, 4.69) is 21.7 Å². The SMILES string of the molecule is O=C(CCCC1CNNN1)NC1CCN(C(=O)OCc2cc(Cl)cc(Cl)c2)C1. The van der Waals surface area contributed by atoms with Crippen molar-refractivity contribution in [2.75, 3.05) is 19.6 Å². The highest BCUT2D eigenvalue weighted by Crippen LogP contribution is 2.20. The van der Waals surface area contributed by atoms with Crippen LogP contribution in [0.4, 0.5) is 4.79 Å². The molecule has 0 saturated carbocycles. The molecule has 2 aliphatic heterocycles. The summed E-state index contributed by atoms with van der Waals surface area (Å²) < 4.78 is 5.34. The first-order valence-corrected chi connectivity index (χ1v) is 10.1. The van der Waals surface area contributed by atoms with Crippen LogP contribution in [-0.4, -0.2) is 48.6 Å². The quantitative estimate of drug-likeness (QED) is 0.529. The molecular formula is C18H25Cl2N5O3. The van der Waals surface area contributed by atoms with Gasteiger partial charge >= 0.3 is 6.09 Å². The van der Waals surface area contributed by atoms with Gasteiger partial charge in [0.2, 0.25) is 5.91 Å². The van der Waals surface area contributed by atoms with Crippen molar-refractivity contribution in [2.24, 2.45) is 0 Å². The van der Waals surface area contributed by atoms with Crippen molar-refractivity contribution in [3.63, 3.8) is 0 Å². The zero-order chi connectivity index (χ0) is 19.9. The number of hydrogen-bond acceptors (Lipinski definition) is 6. The van der Waals surface area contributed by atoms with E-state index < -0.39 is 6.09 Å². The second-order valence-corrected chi connectivity index (χ2v) is 7.94. The third-order valence-electron chi connectivity index (χ3n) is 4.77. The Morgan fingerprint density at radius 3 is 2.75 bits per heavy atom. The van der Waals surface area contributed by atoms with Gasteiger partial charge in [-0.1, -0.05) is 23.2 Å². The van der Waals surface area contributed by atoms with E-state index >= 15 is 0 Å². The van der Waals surface area contributed by atoms with Gasteiger partial charge in [0.05, 0.1) is 0 Å². The first-order valence-electron chi connectivity index (χ1n) is 9.39. The maximum absolute atomic E-state index is 12.2. The fraction of sp³-hybridized carbons (Fsp3) is 0.556. The number of halogens is 2. The molecule has 2 amide bonds. The standard InChI is InChI=1S/C18H25Cl2N5O3/c19-13-6-12(7-14(20)8-13)11-28-18(27)25-5-4-16(10-25)22-17(26)3-1-2-15-9-21-24-23-15/h6-8,15-16,21,23-24H,1-5,9-11H2,(H,22,26). The van der Waals surface area contributed by atoms with Gasteiger partial charge in [-0.05, 0) is 43.0 Å². The van der Waals surface area contributed by atoms with Gasteiger partial charge in [-0.3, -0.25) is 4.79 Å². The molecule has 0 aliphatic carbocycles. The molecule has 0 aromatic heterocycles. The summed E-state index contributed by atoms with van der Waals surface area (Å²) in [4.78, 5) is 26.0. The molecule has 3 rings (SSSR count). The van der Waals surface area contributed by atoms with Gasteiger partial charge in [-0.15, -0.1) is 0 Å². The van der Waals surface area contributed by atoms with E-state index in [9.17, 15) is 9.59 Å².